The van der Waals surface area contributed by atoms with E-state index in [0.717, 1.165) is 12.5 Å². The summed E-state index contributed by atoms with van der Waals surface area (Å²) in [5.74, 6) is -1.34. The largest absolute Gasteiger partial charge is 0.339 e. The molecule has 2 aromatic rings. The molecule has 2 rings (SSSR count). The smallest absolute Gasteiger partial charge is 0.228 e. The molecule has 4 nitrogen and oxygen atoms in total. The standard InChI is InChI=1S/C12H12BrF2N3O/c1-2-6(16)5-9-17-12(18-19-9)7-3-4-8(14)11(15)10(7)13/h3-4,6H,2,5,16H2,1H3. The third kappa shape index (κ3) is 2.98. The molecular weight excluding hydrogens is 320 g/mol. The fourth-order valence-corrected chi connectivity index (χ4v) is 2.01. The summed E-state index contributed by atoms with van der Waals surface area (Å²) in [4.78, 5) is 4.12. The van der Waals surface area contributed by atoms with Crippen molar-refractivity contribution in [3.05, 3.63) is 34.1 Å². The van der Waals surface area contributed by atoms with Crippen molar-refractivity contribution in [2.24, 2.45) is 5.73 Å². The Morgan fingerprint density at radius 2 is 2.16 bits per heavy atom. The molecule has 1 aromatic heterocycles. The van der Waals surface area contributed by atoms with Crippen LogP contribution in [0.25, 0.3) is 11.4 Å². The predicted molar refractivity (Wildman–Crippen MR) is 69.3 cm³/mol. The van der Waals surface area contributed by atoms with Gasteiger partial charge in [0.15, 0.2) is 11.6 Å². The minimum absolute atomic E-state index is 0.0281. The fourth-order valence-electron chi connectivity index (χ4n) is 1.51. The summed E-state index contributed by atoms with van der Waals surface area (Å²) in [7, 11) is 0. The van der Waals surface area contributed by atoms with Crippen LogP contribution in [0.15, 0.2) is 21.1 Å². The summed E-state index contributed by atoms with van der Waals surface area (Å²) in [6.07, 6.45) is 1.23. The fraction of sp³-hybridized carbons (Fsp3) is 0.333. The van der Waals surface area contributed by atoms with Crippen LogP contribution in [-0.4, -0.2) is 16.2 Å². The van der Waals surface area contributed by atoms with E-state index in [1.54, 1.807) is 0 Å². The maximum atomic E-state index is 13.4. The second kappa shape index (κ2) is 5.75. The van der Waals surface area contributed by atoms with E-state index in [1.807, 2.05) is 6.92 Å². The van der Waals surface area contributed by atoms with Crippen LogP contribution >= 0.6 is 15.9 Å². The molecule has 0 spiro atoms. The minimum Gasteiger partial charge on any atom is -0.339 e. The first-order valence-electron chi connectivity index (χ1n) is 5.75. The quantitative estimate of drug-likeness (QED) is 0.874. The average Bonchev–Trinajstić information content (AvgIpc) is 2.84. The van der Waals surface area contributed by atoms with Gasteiger partial charge in [0.2, 0.25) is 11.7 Å². The molecule has 1 heterocycles. The van der Waals surface area contributed by atoms with E-state index in [4.69, 9.17) is 10.3 Å². The second-order valence-electron chi connectivity index (χ2n) is 4.11. The van der Waals surface area contributed by atoms with Gasteiger partial charge in [-0.3, -0.25) is 0 Å². The lowest BCUT2D eigenvalue weighted by molar-refractivity contribution is 0.368. The van der Waals surface area contributed by atoms with E-state index in [9.17, 15) is 8.78 Å². The van der Waals surface area contributed by atoms with Crippen molar-refractivity contribution in [2.75, 3.05) is 0 Å². The molecular formula is C12H12BrF2N3O. The van der Waals surface area contributed by atoms with Crippen molar-refractivity contribution in [2.45, 2.75) is 25.8 Å². The molecule has 0 aliphatic carbocycles. The SMILES string of the molecule is CCC(N)Cc1nc(-c2ccc(F)c(F)c2Br)no1. The monoisotopic (exact) mass is 331 g/mol. The van der Waals surface area contributed by atoms with Crippen molar-refractivity contribution in [1.82, 2.24) is 10.1 Å². The highest BCUT2D eigenvalue weighted by Gasteiger charge is 2.17. The molecule has 0 radical (unpaired) electrons. The van der Waals surface area contributed by atoms with Crippen LogP contribution in [0.2, 0.25) is 0 Å². The van der Waals surface area contributed by atoms with E-state index >= 15 is 0 Å². The molecule has 0 aliphatic heterocycles. The van der Waals surface area contributed by atoms with Crippen molar-refractivity contribution in [3.63, 3.8) is 0 Å². The third-order valence-corrected chi connectivity index (χ3v) is 3.48. The number of hydrogen-bond donors (Lipinski definition) is 1. The number of aromatic nitrogens is 2. The van der Waals surface area contributed by atoms with Crippen molar-refractivity contribution in [3.8, 4) is 11.4 Å². The molecule has 0 amide bonds. The second-order valence-corrected chi connectivity index (χ2v) is 4.90. The van der Waals surface area contributed by atoms with Gasteiger partial charge < -0.3 is 10.3 Å². The Bertz CT molecular complexity index is 588. The van der Waals surface area contributed by atoms with Crippen molar-refractivity contribution < 1.29 is 13.3 Å². The first-order valence-corrected chi connectivity index (χ1v) is 6.54. The average molecular weight is 332 g/mol. The zero-order valence-corrected chi connectivity index (χ0v) is 11.7. The molecule has 0 saturated heterocycles. The van der Waals surface area contributed by atoms with Gasteiger partial charge in [0.25, 0.3) is 0 Å². The van der Waals surface area contributed by atoms with E-state index < -0.39 is 11.6 Å². The van der Waals surface area contributed by atoms with Gasteiger partial charge in [-0.15, -0.1) is 0 Å². The maximum absolute atomic E-state index is 13.4. The minimum atomic E-state index is -0.978. The van der Waals surface area contributed by atoms with Crippen LogP contribution in [-0.2, 0) is 6.42 Å². The highest BCUT2D eigenvalue weighted by Crippen LogP contribution is 2.29. The Morgan fingerprint density at radius 3 is 2.84 bits per heavy atom. The molecule has 19 heavy (non-hydrogen) atoms. The molecule has 0 saturated carbocycles. The topological polar surface area (TPSA) is 64.9 Å². The van der Waals surface area contributed by atoms with E-state index in [2.05, 4.69) is 26.1 Å². The first kappa shape index (κ1) is 14.1. The maximum Gasteiger partial charge on any atom is 0.228 e. The van der Waals surface area contributed by atoms with Gasteiger partial charge in [0.1, 0.15) is 0 Å². The van der Waals surface area contributed by atoms with Gasteiger partial charge in [-0.25, -0.2) is 8.78 Å². The van der Waals surface area contributed by atoms with Gasteiger partial charge in [-0.2, -0.15) is 4.98 Å². The molecule has 0 fully saturated rings. The summed E-state index contributed by atoms with van der Waals surface area (Å²) < 4.78 is 31.4. The molecule has 1 unspecified atom stereocenters. The molecule has 102 valence electrons. The number of nitrogens with two attached hydrogens (primary N) is 1. The Hall–Kier alpha value is -1.34. The van der Waals surface area contributed by atoms with Crippen LogP contribution in [0.3, 0.4) is 0 Å². The Labute approximate surface area is 117 Å². The third-order valence-electron chi connectivity index (χ3n) is 2.71. The molecule has 2 N–H and O–H groups in total. The summed E-state index contributed by atoms with van der Waals surface area (Å²) in [5.41, 5.74) is 6.11. The van der Waals surface area contributed by atoms with Crippen molar-refractivity contribution in [1.29, 1.82) is 0 Å². The van der Waals surface area contributed by atoms with E-state index in [0.29, 0.717) is 17.9 Å². The van der Waals surface area contributed by atoms with Crippen LogP contribution in [0.5, 0.6) is 0 Å². The Balaban J connectivity index is 2.31. The summed E-state index contributed by atoms with van der Waals surface area (Å²) >= 11 is 2.98. The van der Waals surface area contributed by atoms with Crippen LogP contribution in [0.1, 0.15) is 19.2 Å². The van der Waals surface area contributed by atoms with Gasteiger partial charge in [0.05, 0.1) is 4.47 Å². The zero-order chi connectivity index (χ0) is 14.0. The van der Waals surface area contributed by atoms with Gasteiger partial charge in [0, 0.05) is 18.0 Å². The number of halogens is 3. The summed E-state index contributed by atoms with van der Waals surface area (Å²) in [5, 5.41) is 3.74. The molecule has 0 aliphatic rings. The number of hydrogen-bond acceptors (Lipinski definition) is 4. The van der Waals surface area contributed by atoms with E-state index in [1.165, 1.54) is 6.07 Å². The lowest BCUT2D eigenvalue weighted by Crippen LogP contribution is -2.21. The highest BCUT2D eigenvalue weighted by molar-refractivity contribution is 9.10. The predicted octanol–water partition coefficient (Wildman–Crippen LogP) is 3.06. The Kier molecular flexibility index (Phi) is 4.26. The van der Waals surface area contributed by atoms with Crippen LogP contribution in [0.4, 0.5) is 8.78 Å². The van der Waals surface area contributed by atoms with Crippen LogP contribution < -0.4 is 5.73 Å². The van der Waals surface area contributed by atoms with Crippen LogP contribution in [0, 0.1) is 11.6 Å². The molecule has 0 bridgehead atoms. The van der Waals surface area contributed by atoms with Gasteiger partial charge in [-0.1, -0.05) is 12.1 Å². The zero-order valence-electron chi connectivity index (χ0n) is 10.2. The first-order chi connectivity index (χ1) is 9.02. The summed E-state index contributed by atoms with van der Waals surface area (Å²) in [6.45, 7) is 1.95. The lowest BCUT2D eigenvalue weighted by Gasteiger charge is -2.03. The molecule has 1 aromatic carbocycles. The van der Waals surface area contributed by atoms with Crippen molar-refractivity contribution >= 4 is 15.9 Å². The van der Waals surface area contributed by atoms with E-state index in [-0.39, 0.29) is 16.3 Å². The number of benzene rings is 1. The normalized spacial score (nSPS) is 12.7. The number of nitrogens with zero attached hydrogens (tertiary/aromatic N) is 2. The molecule has 1 atom stereocenters. The molecule has 7 heteroatoms. The van der Waals surface area contributed by atoms with Gasteiger partial charge >= 0.3 is 0 Å². The summed E-state index contributed by atoms with van der Waals surface area (Å²) in [6, 6.07) is 2.34. The van der Waals surface area contributed by atoms with Gasteiger partial charge in [-0.05, 0) is 34.5 Å². The Morgan fingerprint density at radius 1 is 1.42 bits per heavy atom. The number of rotatable bonds is 4. The lowest BCUT2D eigenvalue weighted by atomic mass is 10.1. The highest BCUT2D eigenvalue weighted by atomic mass is 79.9.